The Hall–Kier alpha value is -1.94. The van der Waals surface area contributed by atoms with E-state index in [0.29, 0.717) is 25.7 Å². The average molecular weight is 1490 g/mol. The minimum absolute atomic E-state index is 0.105. The van der Waals surface area contributed by atoms with Crippen LogP contribution in [0, 0.1) is 17.8 Å². The molecule has 0 bridgehead atoms. The minimum atomic E-state index is -4.96. The molecule has 0 fully saturated rings. The number of hydrogen-bond acceptors (Lipinski definition) is 15. The molecule has 3 N–H and O–H groups in total. The summed E-state index contributed by atoms with van der Waals surface area (Å²) in [6.07, 6.45) is 62.4. The number of rotatable bonds is 81. The lowest BCUT2D eigenvalue weighted by Gasteiger charge is -2.21. The number of carbonyl (C=O) groups excluding carboxylic acids is 4. The first-order valence-electron chi connectivity index (χ1n) is 42.9. The molecule has 102 heavy (non-hydrogen) atoms. The van der Waals surface area contributed by atoms with Gasteiger partial charge in [-0.1, -0.05) is 382 Å². The number of phosphoric ester groups is 2. The summed E-state index contributed by atoms with van der Waals surface area (Å²) in [7, 11) is -9.92. The molecule has 19 heteroatoms. The van der Waals surface area contributed by atoms with Crippen LogP contribution in [0.3, 0.4) is 0 Å². The molecule has 0 aromatic heterocycles. The van der Waals surface area contributed by atoms with Crippen molar-refractivity contribution in [3.05, 3.63) is 0 Å². The maximum absolute atomic E-state index is 13.1. The van der Waals surface area contributed by atoms with Crippen LogP contribution in [0.4, 0.5) is 0 Å². The van der Waals surface area contributed by atoms with E-state index in [1.54, 1.807) is 0 Å². The van der Waals surface area contributed by atoms with Crippen LogP contribution in [-0.2, 0) is 65.4 Å². The molecule has 0 amide bonds. The molecule has 7 atom stereocenters. The number of ether oxygens (including phenoxy) is 4. The van der Waals surface area contributed by atoms with Crippen LogP contribution in [0.5, 0.6) is 0 Å². The predicted molar refractivity (Wildman–Crippen MR) is 418 cm³/mol. The van der Waals surface area contributed by atoms with Crippen molar-refractivity contribution in [2.24, 2.45) is 17.8 Å². The lowest BCUT2D eigenvalue weighted by Crippen LogP contribution is -2.30. The monoisotopic (exact) mass is 1490 g/mol. The molecule has 0 rings (SSSR count). The molecule has 0 spiro atoms. The Labute approximate surface area is 626 Å². The standard InChI is InChI=1S/C83H162O17P2/c1-8-11-12-13-14-15-16-17-18-19-20-21-22-23-28-31-36-45-52-59-66-82(87)99-78(70-93-80(85)64-57-50-43-35-30-27-25-24-26-29-34-41-48-55-62-75(6)9-2)72-97-101(89,90)95-68-77(84)69-96-102(91,92)98-73-79(100-83(88)67-60-53-46-37-32-33-40-47-54-61-74(4)5)71-94-81(86)65-58-51-44-39-38-42-49-56-63-76(7)10-3/h74-79,84H,8-73H2,1-7H3,(H,89,90)(H,91,92)/t75?,76?,77-,78-,79-/m1/s1. The van der Waals surface area contributed by atoms with Gasteiger partial charge in [-0.15, -0.1) is 0 Å². The fourth-order valence-corrected chi connectivity index (χ4v) is 14.4. The quantitative estimate of drug-likeness (QED) is 0.0222. The molecule has 606 valence electrons. The molecule has 0 aromatic rings. The maximum Gasteiger partial charge on any atom is 0.472 e. The van der Waals surface area contributed by atoms with Gasteiger partial charge in [0, 0.05) is 25.7 Å². The molecule has 0 aliphatic carbocycles. The van der Waals surface area contributed by atoms with E-state index < -0.39 is 97.5 Å². The Morgan fingerprint density at radius 1 is 0.284 bits per heavy atom. The van der Waals surface area contributed by atoms with Crippen LogP contribution in [0.15, 0.2) is 0 Å². The van der Waals surface area contributed by atoms with Crippen molar-refractivity contribution in [1.82, 2.24) is 0 Å². The van der Waals surface area contributed by atoms with Gasteiger partial charge in [0.2, 0.25) is 0 Å². The fourth-order valence-electron chi connectivity index (χ4n) is 12.8. The first-order valence-corrected chi connectivity index (χ1v) is 45.9. The second-order valence-electron chi connectivity index (χ2n) is 30.8. The molecule has 0 saturated carbocycles. The Morgan fingerprint density at radius 3 is 0.745 bits per heavy atom. The van der Waals surface area contributed by atoms with Gasteiger partial charge in [0.15, 0.2) is 12.2 Å². The number of hydrogen-bond donors (Lipinski definition) is 3. The summed E-state index contributed by atoms with van der Waals surface area (Å²) in [5.41, 5.74) is 0. The number of unbranched alkanes of at least 4 members (excludes halogenated alkanes) is 47. The van der Waals surface area contributed by atoms with E-state index in [4.69, 9.17) is 37.0 Å². The van der Waals surface area contributed by atoms with Gasteiger partial charge in [-0.3, -0.25) is 37.3 Å². The lowest BCUT2D eigenvalue weighted by molar-refractivity contribution is -0.161. The first kappa shape index (κ1) is 100. The molecule has 0 aliphatic heterocycles. The predicted octanol–water partition coefficient (Wildman–Crippen LogP) is 24.9. The highest BCUT2D eigenvalue weighted by molar-refractivity contribution is 7.47. The maximum atomic E-state index is 13.1. The van der Waals surface area contributed by atoms with Crippen molar-refractivity contribution < 1.29 is 80.2 Å². The molecule has 0 aliphatic rings. The van der Waals surface area contributed by atoms with Gasteiger partial charge < -0.3 is 33.8 Å². The molecular weight excluding hydrogens is 1330 g/mol. The summed E-state index contributed by atoms with van der Waals surface area (Å²) in [5.74, 6) is 0.254. The summed E-state index contributed by atoms with van der Waals surface area (Å²) in [6, 6.07) is 0. The number of carbonyl (C=O) groups is 4. The molecule has 0 radical (unpaired) electrons. The number of phosphoric acid groups is 2. The van der Waals surface area contributed by atoms with Crippen molar-refractivity contribution in [2.75, 3.05) is 39.6 Å². The van der Waals surface area contributed by atoms with Crippen LogP contribution < -0.4 is 0 Å². The van der Waals surface area contributed by atoms with Gasteiger partial charge in [-0.05, 0) is 43.4 Å². The number of aliphatic hydroxyl groups is 1. The normalized spacial score (nSPS) is 14.5. The van der Waals surface area contributed by atoms with E-state index in [0.717, 1.165) is 108 Å². The zero-order valence-electron chi connectivity index (χ0n) is 67.1. The van der Waals surface area contributed by atoms with Gasteiger partial charge in [-0.2, -0.15) is 0 Å². The number of esters is 4. The van der Waals surface area contributed by atoms with E-state index in [-0.39, 0.29) is 25.7 Å². The topological polar surface area (TPSA) is 237 Å². The lowest BCUT2D eigenvalue weighted by atomic mass is 9.99. The van der Waals surface area contributed by atoms with Crippen LogP contribution >= 0.6 is 15.6 Å². The highest BCUT2D eigenvalue weighted by atomic mass is 31.2. The smallest absolute Gasteiger partial charge is 0.462 e. The van der Waals surface area contributed by atoms with Crippen molar-refractivity contribution in [3.8, 4) is 0 Å². The molecule has 0 aromatic carbocycles. The third-order valence-electron chi connectivity index (χ3n) is 20.1. The Morgan fingerprint density at radius 2 is 0.500 bits per heavy atom. The molecular formula is C83H162O17P2. The van der Waals surface area contributed by atoms with Crippen molar-refractivity contribution in [2.45, 2.75) is 452 Å². The van der Waals surface area contributed by atoms with Crippen LogP contribution in [0.25, 0.3) is 0 Å². The van der Waals surface area contributed by atoms with Gasteiger partial charge in [0.25, 0.3) is 0 Å². The molecule has 4 unspecified atom stereocenters. The van der Waals surface area contributed by atoms with Crippen molar-refractivity contribution in [1.29, 1.82) is 0 Å². The Kier molecular flexibility index (Phi) is 71.8. The third-order valence-corrected chi connectivity index (χ3v) is 22.0. The highest BCUT2D eigenvalue weighted by Crippen LogP contribution is 2.45. The average Bonchev–Trinajstić information content (AvgIpc) is 0.946. The largest absolute Gasteiger partial charge is 0.472 e. The fraction of sp³-hybridized carbons (Fsp3) is 0.952. The second-order valence-corrected chi connectivity index (χ2v) is 33.7. The first-order chi connectivity index (χ1) is 49.3. The van der Waals surface area contributed by atoms with E-state index in [9.17, 15) is 43.2 Å². The summed E-state index contributed by atoms with van der Waals surface area (Å²) < 4.78 is 68.8. The van der Waals surface area contributed by atoms with Gasteiger partial charge in [-0.25, -0.2) is 9.13 Å². The van der Waals surface area contributed by atoms with Crippen LogP contribution in [0.2, 0.25) is 0 Å². The highest BCUT2D eigenvalue weighted by Gasteiger charge is 2.30. The van der Waals surface area contributed by atoms with Gasteiger partial charge in [0.05, 0.1) is 26.4 Å². The Bertz CT molecular complexity index is 1980. The SMILES string of the molecule is CCCCCCCCCCCCCCCCCCCCCCC(=O)O[C@H](COC(=O)CCCCCCCCCCCCCCCCC(C)CC)COP(=O)(O)OC[C@@H](O)COP(=O)(O)OC[C@@H](COC(=O)CCCCCCCCCCC(C)CC)OC(=O)CCCCCCCCCCCC(C)C. The van der Waals surface area contributed by atoms with Crippen molar-refractivity contribution in [3.63, 3.8) is 0 Å². The number of aliphatic hydroxyl groups excluding tert-OH is 1. The van der Waals surface area contributed by atoms with Gasteiger partial charge >= 0.3 is 39.5 Å². The summed E-state index contributed by atoms with van der Waals surface area (Å²) >= 11 is 0. The molecule has 0 heterocycles. The molecule has 0 saturated heterocycles. The van der Waals surface area contributed by atoms with Gasteiger partial charge in [0.1, 0.15) is 19.3 Å². The summed E-state index contributed by atoms with van der Waals surface area (Å²) in [6.45, 7) is 12.0. The summed E-state index contributed by atoms with van der Waals surface area (Å²) in [5, 5.41) is 10.7. The van der Waals surface area contributed by atoms with E-state index in [2.05, 4.69) is 48.5 Å². The van der Waals surface area contributed by atoms with E-state index in [1.807, 2.05) is 0 Å². The third kappa shape index (κ3) is 73.6. The van der Waals surface area contributed by atoms with E-state index >= 15 is 0 Å². The van der Waals surface area contributed by atoms with Crippen LogP contribution in [0.1, 0.15) is 434 Å². The summed E-state index contributed by atoms with van der Waals surface area (Å²) in [4.78, 5) is 73.1. The zero-order chi connectivity index (χ0) is 75.1. The second kappa shape index (κ2) is 73.2. The Balaban J connectivity index is 5.25. The molecule has 17 nitrogen and oxygen atoms in total. The zero-order valence-corrected chi connectivity index (χ0v) is 68.9. The minimum Gasteiger partial charge on any atom is -0.462 e. The van der Waals surface area contributed by atoms with Crippen LogP contribution in [-0.4, -0.2) is 96.7 Å². The van der Waals surface area contributed by atoms with E-state index in [1.165, 1.54) is 244 Å². The van der Waals surface area contributed by atoms with Crippen molar-refractivity contribution >= 4 is 39.5 Å².